The fourth-order valence-electron chi connectivity index (χ4n) is 4.49. The molecule has 0 aliphatic carbocycles. The molecule has 0 heterocycles. The Kier molecular flexibility index (Phi) is 29.3. The molecule has 0 aliphatic rings. The van der Waals surface area contributed by atoms with E-state index in [-0.39, 0.29) is 74.0 Å². The van der Waals surface area contributed by atoms with Crippen molar-refractivity contribution in [2.45, 2.75) is 38.5 Å². The number of hydrogen-bond donors (Lipinski definition) is 10. The number of hydrogen-bond acceptors (Lipinski definition) is 13. The van der Waals surface area contributed by atoms with Crippen molar-refractivity contribution in [2.24, 2.45) is 22.9 Å². The number of rotatable bonds is 32. The van der Waals surface area contributed by atoms with E-state index in [1.807, 2.05) is 21.7 Å². The van der Waals surface area contributed by atoms with Crippen LogP contribution in [0, 0.1) is 0 Å². The monoisotopic (exact) mass is 716 g/mol. The van der Waals surface area contributed by atoms with Gasteiger partial charge in [0, 0.05) is 156 Å². The molecule has 0 aliphatic heterocycles. The van der Waals surface area contributed by atoms with Gasteiger partial charge in [-0.15, -0.1) is 0 Å². The highest BCUT2D eigenvalue weighted by Crippen LogP contribution is 1.98. The Balaban J connectivity index is 4.52. The van der Waals surface area contributed by atoms with Gasteiger partial charge in [0.2, 0.25) is 35.4 Å². The summed E-state index contributed by atoms with van der Waals surface area (Å²) in [5.41, 5.74) is 21.7. The highest BCUT2D eigenvalue weighted by Gasteiger charge is 2.14. The zero-order chi connectivity index (χ0) is 37.4. The Labute approximate surface area is 297 Å². The third kappa shape index (κ3) is 28.4. The second kappa shape index (κ2) is 31.5. The quantitative estimate of drug-likeness (QED) is 0.0311. The summed E-state index contributed by atoms with van der Waals surface area (Å²) in [6.07, 6.45) is 1.48. The molecule has 0 rings (SSSR count). The van der Waals surface area contributed by atoms with Crippen molar-refractivity contribution in [1.82, 2.24) is 46.6 Å². The molecule has 0 saturated heterocycles. The molecule has 0 spiro atoms. The van der Waals surface area contributed by atoms with Gasteiger partial charge in [-0.2, -0.15) is 0 Å². The Morgan fingerprint density at radius 1 is 0.360 bits per heavy atom. The van der Waals surface area contributed by atoms with Crippen LogP contribution < -0.4 is 54.8 Å². The highest BCUT2D eigenvalue weighted by atomic mass is 16.2. The van der Waals surface area contributed by atoms with Crippen molar-refractivity contribution in [3.05, 3.63) is 0 Å². The molecule has 0 fully saturated rings. The minimum absolute atomic E-state index is 0.129. The molecule has 0 unspecified atom stereocenters. The molecule has 0 atom stereocenters. The van der Waals surface area contributed by atoms with Crippen LogP contribution >= 0.6 is 0 Å². The lowest BCUT2D eigenvalue weighted by atomic mass is 10.3. The third-order valence-corrected chi connectivity index (χ3v) is 7.43. The molecule has 50 heavy (non-hydrogen) atoms. The van der Waals surface area contributed by atoms with E-state index in [0.717, 1.165) is 0 Å². The second-order valence-electron chi connectivity index (χ2n) is 11.7. The molecular formula is C31H65N13O6. The molecule has 0 aromatic rings. The maximum absolute atomic E-state index is 12.5. The van der Waals surface area contributed by atoms with Crippen LogP contribution in [0.4, 0.5) is 0 Å². The first-order valence-electron chi connectivity index (χ1n) is 17.6. The van der Waals surface area contributed by atoms with E-state index in [2.05, 4.69) is 31.9 Å². The molecule has 0 aromatic heterocycles. The average Bonchev–Trinajstić information content (AvgIpc) is 3.10. The van der Waals surface area contributed by atoms with Crippen LogP contribution in [-0.2, 0) is 28.8 Å². The molecule has 290 valence electrons. The maximum atomic E-state index is 12.5. The summed E-state index contributed by atoms with van der Waals surface area (Å²) < 4.78 is 0. The number of nitrogens with zero attached hydrogens (tertiary/aromatic N) is 3. The fraction of sp³-hybridized carbons (Fsp3) is 0.806. The zero-order valence-corrected chi connectivity index (χ0v) is 30.1. The molecule has 0 bridgehead atoms. The van der Waals surface area contributed by atoms with Gasteiger partial charge in [0.15, 0.2) is 0 Å². The number of carbonyl (C=O) groups is 6. The lowest BCUT2D eigenvalue weighted by molar-refractivity contribution is -0.123. The first-order chi connectivity index (χ1) is 24.0. The molecule has 0 radical (unpaired) electrons. The molecule has 0 saturated carbocycles. The summed E-state index contributed by atoms with van der Waals surface area (Å²) in [6, 6.07) is 0. The molecule has 0 aromatic carbocycles. The third-order valence-electron chi connectivity index (χ3n) is 7.43. The number of nitrogens with one attached hydrogen (secondary N) is 6. The average molecular weight is 716 g/mol. The van der Waals surface area contributed by atoms with Gasteiger partial charge in [0.1, 0.15) is 0 Å². The lowest BCUT2D eigenvalue weighted by Gasteiger charge is -2.22. The van der Waals surface area contributed by atoms with Crippen molar-refractivity contribution in [3.8, 4) is 0 Å². The van der Waals surface area contributed by atoms with Gasteiger partial charge in [0.25, 0.3) is 0 Å². The van der Waals surface area contributed by atoms with Gasteiger partial charge in [-0.3, -0.25) is 28.8 Å². The Morgan fingerprint density at radius 2 is 0.580 bits per heavy atom. The number of nitrogens with two attached hydrogens (primary N) is 4. The van der Waals surface area contributed by atoms with Gasteiger partial charge >= 0.3 is 0 Å². The topological polar surface area (TPSA) is 288 Å². The van der Waals surface area contributed by atoms with E-state index in [4.69, 9.17) is 22.9 Å². The van der Waals surface area contributed by atoms with Crippen molar-refractivity contribution in [2.75, 3.05) is 125 Å². The van der Waals surface area contributed by atoms with Gasteiger partial charge in [-0.25, -0.2) is 0 Å². The largest absolute Gasteiger partial charge is 0.355 e. The van der Waals surface area contributed by atoms with E-state index in [0.29, 0.717) is 118 Å². The van der Waals surface area contributed by atoms with Crippen molar-refractivity contribution >= 4 is 35.4 Å². The van der Waals surface area contributed by atoms with Crippen LogP contribution in [0.5, 0.6) is 0 Å². The zero-order valence-electron chi connectivity index (χ0n) is 30.1. The van der Waals surface area contributed by atoms with Gasteiger partial charge in [-0.05, 0) is 7.05 Å². The van der Waals surface area contributed by atoms with Crippen molar-refractivity contribution in [1.29, 1.82) is 0 Å². The first-order valence-corrected chi connectivity index (χ1v) is 17.6. The Bertz CT molecular complexity index is 853. The van der Waals surface area contributed by atoms with E-state index < -0.39 is 0 Å². The van der Waals surface area contributed by atoms with Crippen LogP contribution in [0.15, 0.2) is 0 Å². The number of amides is 6. The summed E-state index contributed by atoms with van der Waals surface area (Å²) >= 11 is 0. The second-order valence-corrected chi connectivity index (χ2v) is 11.7. The molecule has 19 nitrogen and oxygen atoms in total. The summed E-state index contributed by atoms with van der Waals surface area (Å²) in [5, 5.41) is 16.7. The molecule has 19 heteroatoms. The van der Waals surface area contributed by atoms with Crippen molar-refractivity contribution < 1.29 is 28.8 Å². The van der Waals surface area contributed by atoms with Crippen LogP contribution in [0.2, 0.25) is 0 Å². The summed E-state index contributed by atoms with van der Waals surface area (Å²) in [7, 11) is 1.83. The minimum atomic E-state index is -0.142. The SMILES string of the molecule is CN(CCC(=O)NCCN(CCC(=O)NCCN)CCC(=O)NCCN)CCC(=O)NCCN(CCC(=O)NCCN)CCC(=O)NCCN. The lowest BCUT2D eigenvalue weighted by Crippen LogP contribution is -2.40. The maximum Gasteiger partial charge on any atom is 0.221 e. The van der Waals surface area contributed by atoms with E-state index >= 15 is 0 Å². The summed E-state index contributed by atoms with van der Waals surface area (Å²) in [5.74, 6) is -0.799. The predicted octanol–water partition coefficient (Wildman–Crippen LogP) is -5.61. The van der Waals surface area contributed by atoms with Gasteiger partial charge in [0.05, 0.1) is 0 Å². The Morgan fingerprint density at radius 3 is 0.820 bits per heavy atom. The van der Waals surface area contributed by atoms with Gasteiger partial charge in [-0.1, -0.05) is 0 Å². The van der Waals surface area contributed by atoms with Gasteiger partial charge < -0.3 is 69.5 Å². The van der Waals surface area contributed by atoms with E-state index in [1.54, 1.807) is 0 Å². The van der Waals surface area contributed by atoms with Crippen LogP contribution in [0.25, 0.3) is 0 Å². The number of carbonyl (C=O) groups excluding carboxylic acids is 6. The summed E-state index contributed by atoms with van der Waals surface area (Å²) in [4.78, 5) is 78.8. The van der Waals surface area contributed by atoms with Crippen LogP contribution in [0.1, 0.15) is 38.5 Å². The standard InChI is InChI=1S/C31H65N13O6/c1-42(18-2-26(45)40-16-24-43(20-4-28(47)36-12-8-32)21-5-29(48)37-13-9-33)19-3-27(46)41-17-25-44(22-6-30(49)38-14-10-34)23-7-31(50)39-15-11-35/h2-25,32-35H2,1H3,(H,36,47)(H,37,48)(H,38,49)(H,39,50)(H,40,45)(H,41,46). The molecule has 14 N–H and O–H groups in total. The van der Waals surface area contributed by atoms with Crippen LogP contribution in [-0.4, -0.2) is 175 Å². The highest BCUT2D eigenvalue weighted by molar-refractivity contribution is 5.78. The first kappa shape index (κ1) is 46.5. The van der Waals surface area contributed by atoms with Crippen molar-refractivity contribution in [3.63, 3.8) is 0 Å². The van der Waals surface area contributed by atoms with E-state index in [1.165, 1.54) is 0 Å². The smallest absolute Gasteiger partial charge is 0.221 e. The minimum Gasteiger partial charge on any atom is -0.355 e. The summed E-state index contributed by atoms with van der Waals surface area (Å²) in [6.45, 7) is 7.26. The molecular weight excluding hydrogens is 650 g/mol. The molecule has 6 amide bonds. The predicted molar refractivity (Wildman–Crippen MR) is 192 cm³/mol. The van der Waals surface area contributed by atoms with Crippen LogP contribution in [0.3, 0.4) is 0 Å². The normalized spacial score (nSPS) is 11.0. The fourth-order valence-corrected chi connectivity index (χ4v) is 4.49. The Hall–Kier alpha value is -3.46. The van der Waals surface area contributed by atoms with E-state index in [9.17, 15) is 28.8 Å².